The van der Waals surface area contributed by atoms with Gasteiger partial charge in [-0.1, -0.05) is 36.4 Å². The van der Waals surface area contributed by atoms with Gasteiger partial charge in [0.25, 0.3) is 0 Å². The van der Waals surface area contributed by atoms with E-state index in [-0.39, 0.29) is 6.03 Å². The average molecular weight is 361 g/mol. The zero-order valence-corrected chi connectivity index (χ0v) is 15.1. The second-order valence-corrected chi connectivity index (χ2v) is 7.84. The van der Waals surface area contributed by atoms with Crippen LogP contribution in [0.15, 0.2) is 54.6 Å². The number of benzene rings is 2. The lowest BCUT2D eigenvalue weighted by atomic mass is 9.91. The summed E-state index contributed by atoms with van der Waals surface area (Å²) < 4.78 is 0. The van der Waals surface area contributed by atoms with E-state index in [0.717, 1.165) is 18.4 Å². The van der Waals surface area contributed by atoms with Crippen molar-refractivity contribution in [1.82, 2.24) is 4.90 Å². The molecule has 1 aliphatic carbocycles. The number of carbonyl (C=O) groups is 1. The molecule has 0 radical (unpaired) electrons. The topological polar surface area (TPSA) is 76.4 Å². The molecular weight excluding hydrogens is 338 g/mol. The molecule has 2 amide bonds. The number of likely N-dealkylation sites (tertiary alicyclic amines) is 1. The van der Waals surface area contributed by atoms with Crippen molar-refractivity contribution in [3.05, 3.63) is 65.7 Å². The van der Waals surface area contributed by atoms with Crippen LogP contribution in [0.25, 0.3) is 0 Å². The predicted octanol–water partition coefficient (Wildman–Crippen LogP) is 3.41. The fourth-order valence-corrected chi connectivity index (χ4v) is 4.62. The number of nitrogens with one attached hydrogen (secondary N) is 1. The molecule has 1 aliphatic heterocycles. The summed E-state index contributed by atoms with van der Waals surface area (Å²) in [5, 5.41) is 22.9. The summed E-state index contributed by atoms with van der Waals surface area (Å²) in [6, 6.07) is 19.0. The summed E-state index contributed by atoms with van der Waals surface area (Å²) in [4.78, 5) is 14.4. The molecule has 5 heteroatoms. The summed E-state index contributed by atoms with van der Waals surface area (Å²) in [5.74, 6) is 0.685. The molecule has 0 spiro atoms. The molecule has 0 bridgehead atoms. The molecule has 2 N–H and O–H groups in total. The van der Waals surface area contributed by atoms with Gasteiger partial charge in [0.2, 0.25) is 0 Å². The monoisotopic (exact) mass is 361 g/mol. The Morgan fingerprint density at radius 1 is 1.15 bits per heavy atom. The number of urea groups is 1. The number of amides is 2. The van der Waals surface area contributed by atoms with Crippen LogP contribution >= 0.6 is 0 Å². The number of anilines is 1. The highest BCUT2D eigenvalue weighted by atomic mass is 16.3. The van der Waals surface area contributed by atoms with Gasteiger partial charge in [-0.2, -0.15) is 5.26 Å². The predicted molar refractivity (Wildman–Crippen MR) is 103 cm³/mol. The Bertz CT molecular complexity index is 861. The van der Waals surface area contributed by atoms with Gasteiger partial charge in [-0.05, 0) is 48.4 Å². The van der Waals surface area contributed by atoms with Crippen molar-refractivity contribution in [2.75, 3.05) is 18.4 Å². The van der Waals surface area contributed by atoms with Gasteiger partial charge in [0.1, 0.15) is 0 Å². The number of aliphatic hydroxyl groups is 1. The molecule has 3 atom stereocenters. The third-order valence-electron chi connectivity index (χ3n) is 5.77. The first-order valence-electron chi connectivity index (χ1n) is 9.37. The zero-order chi connectivity index (χ0) is 18.9. The lowest BCUT2D eigenvalue weighted by molar-refractivity contribution is 0.0368. The number of carbonyl (C=O) groups excluding carboxylic acids is 1. The van der Waals surface area contributed by atoms with Crippen molar-refractivity contribution < 1.29 is 9.90 Å². The number of fused-ring (bicyclic) bond motifs is 1. The van der Waals surface area contributed by atoms with Gasteiger partial charge >= 0.3 is 6.03 Å². The van der Waals surface area contributed by atoms with Gasteiger partial charge in [0, 0.05) is 25.2 Å². The number of nitrogens with zero attached hydrogens (tertiary/aromatic N) is 2. The summed E-state index contributed by atoms with van der Waals surface area (Å²) >= 11 is 0. The summed E-state index contributed by atoms with van der Waals surface area (Å²) in [5.41, 5.74) is 1.65. The van der Waals surface area contributed by atoms with E-state index in [2.05, 4.69) is 23.5 Å². The average Bonchev–Trinajstić information content (AvgIpc) is 3.17. The number of rotatable bonds is 3. The third kappa shape index (κ3) is 3.81. The first-order chi connectivity index (χ1) is 13.0. The SMILES string of the molecule is N#Cc1cccc(NC(=O)N2C[C@@H]3C[C@](O)(Cc4ccccc4)C[C@@H]3C2)c1. The Morgan fingerprint density at radius 2 is 1.85 bits per heavy atom. The molecule has 2 aromatic carbocycles. The molecule has 1 saturated heterocycles. The Labute approximate surface area is 159 Å². The van der Waals surface area contributed by atoms with Crippen molar-refractivity contribution in [2.45, 2.75) is 24.9 Å². The van der Waals surface area contributed by atoms with Gasteiger partial charge < -0.3 is 15.3 Å². The highest BCUT2D eigenvalue weighted by Crippen LogP contribution is 2.45. The normalized spacial score (nSPS) is 26.4. The van der Waals surface area contributed by atoms with Gasteiger partial charge in [0.05, 0.1) is 17.2 Å². The smallest absolute Gasteiger partial charge is 0.321 e. The van der Waals surface area contributed by atoms with Crippen LogP contribution in [0, 0.1) is 23.2 Å². The quantitative estimate of drug-likeness (QED) is 0.880. The van der Waals surface area contributed by atoms with Crippen molar-refractivity contribution in [3.63, 3.8) is 0 Å². The molecule has 5 nitrogen and oxygen atoms in total. The Hall–Kier alpha value is -2.84. The largest absolute Gasteiger partial charge is 0.390 e. The van der Waals surface area contributed by atoms with Crippen molar-refractivity contribution >= 4 is 11.7 Å². The number of hydrogen-bond acceptors (Lipinski definition) is 3. The molecule has 0 aromatic heterocycles. The van der Waals surface area contributed by atoms with Crippen LogP contribution < -0.4 is 5.32 Å². The Balaban J connectivity index is 1.35. The van der Waals surface area contributed by atoms with Crippen molar-refractivity contribution in [3.8, 4) is 6.07 Å². The summed E-state index contributed by atoms with van der Waals surface area (Å²) in [6.07, 6.45) is 2.15. The van der Waals surface area contributed by atoms with E-state index in [1.165, 1.54) is 0 Å². The number of hydrogen-bond donors (Lipinski definition) is 2. The maximum absolute atomic E-state index is 12.6. The summed E-state index contributed by atoms with van der Waals surface area (Å²) in [7, 11) is 0. The molecule has 4 rings (SSSR count). The highest BCUT2D eigenvalue weighted by Gasteiger charge is 2.49. The molecule has 27 heavy (non-hydrogen) atoms. The third-order valence-corrected chi connectivity index (χ3v) is 5.77. The fraction of sp³-hybridized carbons (Fsp3) is 0.364. The van der Waals surface area contributed by atoms with Crippen molar-refractivity contribution in [1.29, 1.82) is 5.26 Å². The fourth-order valence-electron chi connectivity index (χ4n) is 4.62. The first-order valence-corrected chi connectivity index (χ1v) is 9.37. The van der Waals surface area contributed by atoms with E-state index in [9.17, 15) is 9.90 Å². The van der Waals surface area contributed by atoms with Crippen LogP contribution in [-0.4, -0.2) is 34.7 Å². The minimum absolute atomic E-state index is 0.133. The van der Waals surface area contributed by atoms with Crippen LogP contribution in [0.5, 0.6) is 0 Å². The maximum Gasteiger partial charge on any atom is 0.321 e. The minimum atomic E-state index is -0.666. The highest BCUT2D eigenvalue weighted by molar-refractivity contribution is 5.89. The van der Waals surface area contributed by atoms with E-state index in [0.29, 0.717) is 42.6 Å². The number of nitriles is 1. The molecule has 2 aromatic rings. The van der Waals surface area contributed by atoms with Gasteiger partial charge in [0.15, 0.2) is 0 Å². The van der Waals surface area contributed by atoms with Gasteiger partial charge in [-0.25, -0.2) is 4.79 Å². The standard InChI is InChI=1S/C22H23N3O2/c23-13-17-7-4-8-20(9-17)24-21(26)25-14-18-11-22(27,12-19(18)15-25)10-16-5-2-1-3-6-16/h1-9,18-19,27H,10-12,14-15H2,(H,24,26)/t18-,19+,22+. The minimum Gasteiger partial charge on any atom is -0.390 e. The molecular formula is C22H23N3O2. The second kappa shape index (κ2) is 7.05. The zero-order valence-electron chi connectivity index (χ0n) is 15.1. The van der Waals surface area contributed by atoms with Gasteiger partial charge in [-0.15, -0.1) is 0 Å². The van der Waals surface area contributed by atoms with Crippen LogP contribution in [-0.2, 0) is 6.42 Å². The molecule has 0 unspecified atom stereocenters. The van der Waals surface area contributed by atoms with E-state index >= 15 is 0 Å². The van der Waals surface area contributed by atoms with E-state index in [4.69, 9.17) is 5.26 Å². The van der Waals surface area contributed by atoms with E-state index in [1.54, 1.807) is 24.3 Å². The summed E-state index contributed by atoms with van der Waals surface area (Å²) in [6.45, 7) is 1.34. The molecule has 2 fully saturated rings. The van der Waals surface area contributed by atoms with Crippen LogP contribution in [0.3, 0.4) is 0 Å². The van der Waals surface area contributed by atoms with Crippen LogP contribution in [0.2, 0.25) is 0 Å². The second-order valence-electron chi connectivity index (χ2n) is 7.84. The molecule has 2 aliphatic rings. The van der Waals surface area contributed by atoms with E-state index in [1.807, 2.05) is 23.1 Å². The Kier molecular flexibility index (Phi) is 4.59. The lowest BCUT2D eigenvalue weighted by Crippen LogP contribution is -2.36. The maximum atomic E-state index is 12.6. The van der Waals surface area contributed by atoms with Crippen molar-refractivity contribution in [2.24, 2.45) is 11.8 Å². The van der Waals surface area contributed by atoms with Gasteiger partial charge in [-0.3, -0.25) is 0 Å². The first kappa shape index (κ1) is 17.6. The molecule has 138 valence electrons. The Morgan fingerprint density at radius 3 is 2.52 bits per heavy atom. The van der Waals surface area contributed by atoms with Crippen LogP contribution in [0.4, 0.5) is 10.5 Å². The molecule has 1 heterocycles. The lowest BCUT2D eigenvalue weighted by Gasteiger charge is -2.26. The van der Waals surface area contributed by atoms with E-state index < -0.39 is 5.60 Å². The molecule has 1 saturated carbocycles. The van der Waals surface area contributed by atoms with Crippen LogP contribution in [0.1, 0.15) is 24.0 Å².